The number of thiophene rings is 1. The number of carbonyl (C=O) groups is 2. The molecule has 1 aliphatic heterocycles. The molecule has 1 aliphatic rings. The highest BCUT2D eigenvalue weighted by atomic mass is 32.1. The Morgan fingerprint density at radius 2 is 2.17 bits per heavy atom. The minimum absolute atomic E-state index is 0.00477. The van der Waals surface area contributed by atoms with Gasteiger partial charge in [0.05, 0.1) is 19.4 Å². The minimum Gasteiger partial charge on any atom is -0.467 e. The first-order chi connectivity index (χ1) is 11.5. The molecule has 0 radical (unpaired) electrons. The van der Waals surface area contributed by atoms with Crippen molar-refractivity contribution in [3.8, 4) is 0 Å². The number of furan rings is 1. The van der Waals surface area contributed by atoms with E-state index in [1.165, 1.54) is 11.8 Å². The molecule has 2 amide bonds. The van der Waals surface area contributed by atoms with Gasteiger partial charge in [0.1, 0.15) is 11.8 Å². The van der Waals surface area contributed by atoms with Crippen LogP contribution in [0.25, 0.3) is 0 Å². The molecule has 2 aromatic heterocycles. The van der Waals surface area contributed by atoms with Gasteiger partial charge < -0.3 is 14.2 Å². The van der Waals surface area contributed by atoms with Gasteiger partial charge in [0.2, 0.25) is 11.8 Å². The summed E-state index contributed by atoms with van der Waals surface area (Å²) in [6, 6.07) is 7.47. The molecule has 0 aromatic carbocycles. The van der Waals surface area contributed by atoms with Crippen molar-refractivity contribution in [2.24, 2.45) is 0 Å². The molecule has 1 saturated heterocycles. The fourth-order valence-electron chi connectivity index (χ4n) is 3.17. The molecule has 0 saturated carbocycles. The van der Waals surface area contributed by atoms with Crippen molar-refractivity contribution in [3.05, 3.63) is 46.0 Å². The average Bonchev–Trinajstić information content (AvgIpc) is 3.27. The molecule has 5 nitrogen and oxygen atoms in total. The van der Waals surface area contributed by atoms with Gasteiger partial charge in [-0.2, -0.15) is 0 Å². The van der Waals surface area contributed by atoms with E-state index in [1.54, 1.807) is 27.4 Å². The largest absolute Gasteiger partial charge is 0.467 e. The molecule has 128 valence electrons. The molecule has 0 bridgehead atoms. The quantitative estimate of drug-likeness (QED) is 0.835. The Bertz CT molecular complexity index is 708. The molecular formula is C18H22N2O3S. The van der Waals surface area contributed by atoms with Gasteiger partial charge in [0, 0.05) is 23.2 Å². The molecule has 0 aliphatic carbocycles. The average molecular weight is 346 g/mol. The third-order valence-electron chi connectivity index (χ3n) is 4.32. The van der Waals surface area contributed by atoms with Crippen LogP contribution in [0.2, 0.25) is 0 Å². The molecule has 0 spiro atoms. The van der Waals surface area contributed by atoms with Crippen LogP contribution in [0.4, 0.5) is 0 Å². The Balaban J connectivity index is 1.80. The fraction of sp³-hybridized carbons (Fsp3) is 0.444. The van der Waals surface area contributed by atoms with Crippen molar-refractivity contribution in [2.75, 3.05) is 6.54 Å². The zero-order valence-electron chi connectivity index (χ0n) is 14.0. The highest BCUT2D eigenvalue weighted by molar-refractivity contribution is 7.11. The molecule has 6 heteroatoms. The van der Waals surface area contributed by atoms with Gasteiger partial charge in [-0.05, 0) is 44.0 Å². The van der Waals surface area contributed by atoms with Crippen LogP contribution in [0.15, 0.2) is 34.9 Å². The number of carbonyl (C=O) groups excluding carboxylic acids is 2. The topological polar surface area (TPSA) is 53.8 Å². The van der Waals surface area contributed by atoms with Gasteiger partial charge in [0.25, 0.3) is 0 Å². The highest BCUT2D eigenvalue weighted by Crippen LogP contribution is 2.24. The summed E-state index contributed by atoms with van der Waals surface area (Å²) in [5.41, 5.74) is 0. The summed E-state index contributed by atoms with van der Waals surface area (Å²) in [4.78, 5) is 30.7. The van der Waals surface area contributed by atoms with Crippen LogP contribution in [0.1, 0.15) is 35.3 Å². The van der Waals surface area contributed by atoms with E-state index in [-0.39, 0.29) is 17.9 Å². The van der Waals surface area contributed by atoms with E-state index in [1.807, 2.05) is 12.1 Å². The van der Waals surface area contributed by atoms with Crippen molar-refractivity contribution in [1.29, 1.82) is 0 Å². The second-order valence-electron chi connectivity index (χ2n) is 6.16. The van der Waals surface area contributed by atoms with Gasteiger partial charge in [-0.15, -0.1) is 11.3 Å². The van der Waals surface area contributed by atoms with Crippen LogP contribution in [-0.2, 0) is 22.7 Å². The summed E-state index contributed by atoms with van der Waals surface area (Å²) in [5, 5.41) is 0. The maximum absolute atomic E-state index is 13.1. The van der Waals surface area contributed by atoms with E-state index in [4.69, 9.17) is 4.42 Å². The van der Waals surface area contributed by atoms with Crippen LogP contribution in [0.3, 0.4) is 0 Å². The Kier molecular flexibility index (Phi) is 5.04. The van der Waals surface area contributed by atoms with Gasteiger partial charge in [0.15, 0.2) is 0 Å². The molecule has 3 heterocycles. The van der Waals surface area contributed by atoms with E-state index < -0.39 is 0 Å². The first-order valence-electron chi connectivity index (χ1n) is 8.18. The second kappa shape index (κ2) is 7.21. The number of rotatable bonds is 5. The third kappa shape index (κ3) is 3.70. The maximum Gasteiger partial charge on any atom is 0.246 e. The maximum atomic E-state index is 13.1. The number of hydrogen-bond acceptors (Lipinski definition) is 4. The van der Waals surface area contributed by atoms with Gasteiger partial charge >= 0.3 is 0 Å². The molecule has 24 heavy (non-hydrogen) atoms. The van der Waals surface area contributed by atoms with E-state index >= 15 is 0 Å². The van der Waals surface area contributed by atoms with E-state index in [0.717, 1.165) is 23.5 Å². The summed E-state index contributed by atoms with van der Waals surface area (Å²) < 4.78 is 5.42. The molecule has 0 N–H and O–H groups in total. The Morgan fingerprint density at radius 3 is 2.79 bits per heavy atom. The molecule has 1 atom stereocenters. The normalized spacial score (nSPS) is 17.2. The molecular weight excluding hydrogens is 324 g/mol. The lowest BCUT2D eigenvalue weighted by Gasteiger charge is -2.29. The van der Waals surface area contributed by atoms with E-state index in [2.05, 4.69) is 19.1 Å². The standard InChI is InChI=1S/C18H22N2O3S/c1-13-7-8-16(24-13)12-19(11-15-5-4-10-23-15)18(22)17-6-3-9-20(17)14(2)21/h4-5,7-8,10,17H,3,6,9,11-12H2,1-2H3/t17-/m0/s1. The fourth-order valence-corrected chi connectivity index (χ4v) is 4.08. The van der Waals surface area contributed by atoms with Crippen LogP contribution in [0, 0.1) is 6.92 Å². The molecule has 1 fully saturated rings. The summed E-state index contributed by atoms with van der Waals surface area (Å²) >= 11 is 1.69. The predicted octanol–water partition coefficient (Wildman–Crippen LogP) is 3.19. The number of likely N-dealkylation sites (tertiary alicyclic amines) is 1. The minimum atomic E-state index is -0.349. The lowest BCUT2D eigenvalue weighted by Crippen LogP contribution is -2.46. The Hall–Kier alpha value is -2.08. The van der Waals surface area contributed by atoms with Crippen molar-refractivity contribution in [2.45, 2.75) is 45.8 Å². The summed E-state index contributed by atoms with van der Waals surface area (Å²) in [6.07, 6.45) is 3.23. The zero-order chi connectivity index (χ0) is 17.1. The van der Waals surface area contributed by atoms with Crippen molar-refractivity contribution >= 4 is 23.2 Å². The van der Waals surface area contributed by atoms with Crippen LogP contribution >= 0.6 is 11.3 Å². The molecule has 3 rings (SSSR count). The smallest absolute Gasteiger partial charge is 0.246 e. The lowest BCUT2D eigenvalue weighted by atomic mass is 10.1. The zero-order valence-corrected chi connectivity index (χ0v) is 14.8. The number of aryl methyl sites for hydroxylation is 1. The predicted molar refractivity (Wildman–Crippen MR) is 92.4 cm³/mol. The van der Waals surface area contributed by atoms with Crippen molar-refractivity contribution < 1.29 is 14.0 Å². The van der Waals surface area contributed by atoms with Gasteiger partial charge in [-0.25, -0.2) is 0 Å². The monoisotopic (exact) mass is 346 g/mol. The number of hydrogen-bond donors (Lipinski definition) is 0. The first-order valence-corrected chi connectivity index (χ1v) is 9.00. The first kappa shape index (κ1) is 16.8. The molecule has 2 aromatic rings. The number of amides is 2. The van der Waals surface area contributed by atoms with Gasteiger partial charge in [-0.1, -0.05) is 0 Å². The Labute approximate surface area is 145 Å². The van der Waals surface area contributed by atoms with Crippen LogP contribution in [0.5, 0.6) is 0 Å². The van der Waals surface area contributed by atoms with Crippen LogP contribution < -0.4 is 0 Å². The lowest BCUT2D eigenvalue weighted by molar-refractivity contribution is -0.143. The highest BCUT2D eigenvalue weighted by Gasteiger charge is 2.35. The molecule has 0 unspecified atom stereocenters. The van der Waals surface area contributed by atoms with E-state index in [9.17, 15) is 9.59 Å². The van der Waals surface area contributed by atoms with Crippen molar-refractivity contribution in [3.63, 3.8) is 0 Å². The summed E-state index contributed by atoms with van der Waals surface area (Å²) in [6.45, 7) is 5.22. The van der Waals surface area contributed by atoms with Gasteiger partial charge in [-0.3, -0.25) is 9.59 Å². The third-order valence-corrected chi connectivity index (χ3v) is 5.31. The summed E-state index contributed by atoms with van der Waals surface area (Å²) in [5.74, 6) is 0.727. The van der Waals surface area contributed by atoms with E-state index in [0.29, 0.717) is 19.6 Å². The van der Waals surface area contributed by atoms with Crippen LogP contribution in [-0.4, -0.2) is 34.2 Å². The number of nitrogens with zero attached hydrogens (tertiary/aromatic N) is 2. The Morgan fingerprint density at radius 1 is 1.33 bits per heavy atom. The summed E-state index contributed by atoms with van der Waals surface area (Å²) in [7, 11) is 0. The van der Waals surface area contributed by atoms with Crippen molar-refractivity contribution in [1.82, 2.24) is 9.80 Å². The second-order valence-corrected chi connectivity index (χ2v) is 7.53. The SMILES string of the molecule is CC(=O)N1CCC[C@H]1C(=O)N(Cc1ccco1)Cc1ccc(C)s1.